The van der Waals surface area contributed by atoms with Crippen molar-refractivity contribution in [3.05, 3.63) is 57.5 Å². The Morgan fingerprint density at radius 3 is 2.80 bits per heavy atom. The van der Waals surface area contributed by atoms with Gasteiger partial charge in [0.15, 0.2) is 0 Å². The fourth-order valence-corrected chi connectivity index (χ4v) is 3.03. The molecule has 0 atom stereocenters. The Bertz CT molecular complexity index is 916. The van der Waals surface area contributed by atoms with Crippen molar-refractivity contribution in [2.45, 2.75) is 26.9 Å². The highest BCUT2D eigenvalue weighted by atomic mass is 35.5. The second kappa shape index (κ2) is 7.29. The summed E-state index contributed by atoms with van der Waals surface area (Å²) >= 11 is 12.1. The lowest BCUT2D eigenvalue weighted by Crippen LogP contribution is -2.23. The SMILES string of the molecule is CCn1ncc(CNC(=O)c2cc(-c3ccc(Cl)cc3Cl)n[nH]2)c1C. The lowest BCUT2D eigenvalue weighted by molar-refractivity contribution is 0.0946. The molecular weight excluding hydrogens is 361 g/mol. The van der Waals surface area contributed by atoms with Crippen LogP contribution in [0.1, 0.15) is 28.7 Å². The minimum atomic E-state index is -0.243. The zero-order valence-electron chi connectivity index (χ0n) is 13.8. The van der Waals surface area contributed by atoms with Gasteiger partial charge in [-0.3, -0.25) is 14.6 Å². The molecule has 0 aliphatic heterocycles. The van der Waals surface area contributed by atoms with E-state index >= 15 is 0 Å². The number of hydrogen-bond acceptors (Lipinski definition) is 3. The number of benzene rings is 1. The van der Waals surface area contributed by atoms with E-state index in [4.69, 9.17) is 23.2 Å². The van der Waals surface area contributed by atoms with E-state index in [9.17, 15) is 4.79 Å². The number of aromatic amines is 1. The summed E-state index contributed by atoms with van der Waals surface area (Å²) in [5.41, 5.74) is 3.68. The lowest BCUT2D eigenvalue weighted by Gasteiger charge is -2.04. The third-order valence-corrected chi connectivity index (χ3v) is 4.52. The largest absolute Gasteiger partial charge is 0.347 e. The summed E-state index contributed by atoms with van der Waals surface area (Å²) in [5.74, 6) is -0.243. The number of aryl methyl sites for hydroxylation is 1. The van der Waals surface area contributed by atoms with Gasteiger partial charge in [-0.2, -0.15) is 10.2 Å². The molecule has 8 heteroatoms. The molecule has 25 heavy (non-hydrogen) atoms. The number of carbonyl (C=O) groups is 1. The molecule has 2 N–H and O–H groups in total. The second-order valence-electron chi connectivity index (χ2n) is 5.54. The summed E-state index contributed by atoms with van der Waals surface area (Å²) in [6.45, 7) is 5.21. The van der Waals surface area contributed by atoms with Crippen LogP contribution in [0.25, 0.3) is 11.3 Å². The Hall–Kier alpha value is -2.31. The molecule has 0 spiro atoms. The van der Waals surface area contributed by atoms with Crippen LogP contribution in [0.4, 0.5) is 0 Å². The molecule has 0 bridgehead atoms. The first-order valence-corrected chi connectivity index (χ1v) is 8.55. The van der Waals surface area contributed by atoms with Crippen LogP contribution in [0.15, 0.2) is 30.5 Å². The Kier molecular flexibility index (Phi) is 5.11. The number of hydrogen-bond donors (Lipinski definition) is 2. The summed E-state index contributed by atoms with van der Waals surface area (Å²) in [7, 11) is 0. The fourth-order valence-electron chi connectivity index (χ4n) is 2.52. The monoisotopic (exact) mass is 377 g/mol. The van der Waals surface area contributed by atoms with Crippen molar-refractivity contribution in [3.8, 4) is 11.3 Å². The van der Waals surface area contributed by atoms with Crippen molar-refractivity contribution in [3.63, 3.8) is 0 Å². The van der Waals surface area contributed by atoms with Crippen LogP contribution in [-0.4, -0.2) is 25.9 Å². The van der Waals surface area contributed by atoms with E-state index in [0.717, 1.165) is 17.8 Å². The van der Waals surface area contributed by atoms with Crippen molar-refractivity contribution < 1.29 is 4.79 Å². The number of amides is 1. The smallest absolute Gasteiger partial charge is 0.269 e. The highest BCUT2D eigenvalue weighted by Gasteiger charge is 2.14. The molecule has 0 saturated carbocycles. The molecule has 6 nitrogen and oxygen atoms in total. The van der Waals surface area contributed by atoms with E-state index in [1.54, 1.807) is 30.5 Å². The van der Waals surface area contributed by atoms with Gasteiger partial charge in [-0.1, -0.05) is 23.2 Å². The third kappa shape index (κ3) is 3.70. The molecule has 0 saturated heterocycles. The number of nitrogens with one attached hydrogen (secondary N) is 2. The Labute approximate surface area is 155 Å². The topological polar surface area (TPSA) is 75.6 Å². The zero-order chi connectivity index (χ0) is 18.0. The molecule has 1 aromatic carbocycles. The van der Waals surface area contributed by atoms with Crippen LogP contribution in [0.3, 0.4) is 0 Å². The van der Waals surface area contributed by atoms with Gasteiger partial charge in [-0.05, 0) is 38.1 Å². The predicted molar refractivity (Wildman–Crippen MR) is 97.9 cm³/mol. The quantitative estimate of drug-likeness (QED) is 0.708. The van der Waals surface area contributed by atoms with Crippen molar-refractivity contribution in [2.24, 2.45) is 0 Å². The number of nitrogens with zero attached hydrogens (tertiary/aromatic N) is 3. The minimum Gasteiger partial charge on any atom is -0.347 e. The third-order valence-electron chi connectivity index (χ3n) is 3.97. The van der Waals surface area contributed by atoms with Gasteiger partial charge in [0.25, 0.3) is 5.91 Å². The summed E-state index contributed by atoms with van der Waals surface area (Å²) in [5, 5.41) is 15.1. The Morgan fingerprint density at radius 1 is 1.32 bits per heavy atom. The van der Waals surface area contributed by atoms with Gasteiger partial charge in [0.1, 0.15) is 5.69 Å². The van der Waals surface area contributed by atoms with E-state index in [1.165, 1.54) is 0 Å². The molecular formula is C17H17Cl2N5O. The fraction of sp³-hybridized carbons (Fsp3) is 0.235. The molecule has 0 unspecified atom stereocenters. The number of carbonyl (C=O) groups excluding carboxylic acids is 1. The number of aromatic nitrogens is 4. The highest BCUT2D eigenvalue weighted by Crippen LogP contribution is 2.29. The van der Waals surface area contributed by atoms with E-state index in [0.29, 0.717) is 33.5 Å². The maximum absolute atomic E-state index is 12.3. The second-order valence-corrected chi connectivity index (χ2v) is 6.39. The molecule has 0 aliphatic carbocycles. The standard InChI is InChI=1S/C17H17Cl2N5O/c1-3-24-10(2)11(9-21-24)8-20-17(25)16-7-15(22-23-16)13-5-4-12(18)6-14(13)19/h4-7,9H,3,8H2,1-2H3,(H,20,25)(H,22,23). The molecule has 130 valence electrons. The maximum Gasteiger partial charge on any atom is 0.269 e. The molecule has 1 amide bonds. The van der Waals surface area contributed by atoms with Gasteiger partial charge < -0.3 is 5.32 Å². The normalized spacial score (nSPS) is 10.9. The van der Waals surface area contributed by atoms with Gasteiger partial charge in [0.05, 0.1) is 16.9 Å². The zero-order valence-corrected chi connectivity index (χ0v) is 15.3. The Balaban J connectivity index is 1.71. The first-order chi connectivity index (χ1) is 12.0. The molecule has 2 heterocycles. The first kappa shape index (κ1) is 17.5. The van der Waals surface area contributed by atoms with Crippen LogP contribution in [0.5, 0.6) is 0 Å². The number of H-pyrrole nitrogens is 1. The van der Waals surface area contributed by atoms with Crippen LogP contribution in [0, 0.1) is 6.92 Å². The minimum absolute atomic E-state index is 0.243. The number of rotatable bonds is 5. The maximum atomic E-state index is 12.3. The summed E-state index contributed by atoms with van der Waals surface area (Å²) in [6, 6.07) is 6.80. The predicted octanol–water partition coefficient (Wildman–Crippen LogP) is 3.84. The molecule has 3 rings (SSSR count). The molecule has 2 aromatic heterocycles. The van der Waals surface area contributed by atoms with Crippen LogP contribution >= 0.6 is 23.2 Å². The van der Waals surface area contributed by atoms with Gasteiger partial charge in [0.2, 0.25) is 0 Å². The van der Waals surface area contributed by atoms with Gasteiger partial charge in [0, 0.05) is 34.9 Å². The molecule has 3 aromatic rings. The molecule has 0 aliphatic rings. The van der Waals surface area contributed by atoms with E-state index in [1.807, 2.05) is 18.5 Å². The summed E-state index contributed by atoms with van der Waals surface area (Å²) in [4.78, 5) is 12.3. The summed E-state index contributed by atoms with van der Waals surface area (Å²) in [6.07, 6.45) is 1.77. The van der Waals surface area contributed by atoms with Gasteiger partial charge >= 0.3 is 0 Å². The van der Waals surface area contributed by atoms with Crippen LogP contribution in [-0.2, 0) is 13.1 Å². The average molecular weight is 378 g/mol. The van der Waals surface area contributed by atoms with Crippen molar-refractivity contribution >= 4 is 29.1 Å². The van der Waals surface area contributed by atoms with Crippen molar-refractivity contribution in [1.29, 1.82) is 0 Å². The van der Waals surface area contributed by atoms with E-state index < -0.39 is 0 Å². The van der Waals surface area contributed by atoms with Crippen LogP contribution < -0.4 is 5.32 Å². The van der Waals surface area contributed by atoms with Crippen molar-refractivity contribution in [2.75, 3.05) is 0 Å². The molecule has 0 fully saturated rings. The van der Waals surface area contributed by atoms with E-state index in [2.05, 4.69) is 20.6 Å². The van der Waals surface area contributed by atoms with Crippen LogP contribution in [0.2, 0.25) is 10.0 Å². The first-order valence-electron chi connectivity index (χ1n) is 7.80. The van der Waals surface area contributed by atoms with Gasteiger partial charge in [-0.15, -0.1) is 0 Å². The van der Waals surface area contributed by atoms with Gasteiger partial charge in [-0.25, -0.2) is 0 Å². The van der Waals surface area contributed by atoms with Crippen molar-refractivity contribution in [1.82, 2.24) is 25.3 Å². The Morgan fingerprint density at radius 2 is 2.12 bits per heavy atom. The molecule has 0 radical (unpaired) electrons. The summed E-state index contributed by atoms with van der Waals surface area (Å²) < 4.78 is 1.89. The highest BCUT2D eigenvalue weighted by molar-refractivity contribution is 6.36. The van der Waals surface area contributed by atoms with E-state index in [-0.39, 0.29) is 5.91 Å². The number of halogens is 2. The average Bonchev–Trinajstić information content (AvgIpc) is 3.20. The lowest BCUT2D eigenvalue weighted by atomic mass is 10.1.